The van der Waals surface area contributed by atoms with Gasteiger partial charge in [-0.3, -0.25) is 0 Å². The minimum absolute atomic E-state index is 0.142. The molecule has 0 aromatic heterocycles. The van der Waals surface area contributed by atoms with E-state index in [1.165, 1.54) is 13.1 Å². The fourth-order valence-corrected chi connectivity index (χ4v) is 3.09. The Kier molecular flexibility index (Phi) is 5.96. The number of sulfonamides is 1. The molecule has 0 aliphatic heterocycles. The quantitative estimate of drug-likeness (QED) is 0.814. The van der Waals surface area contributed by atoms with E-state index in [4.69, 9.17) is 18.0 Å². The predicted molar refractivity (Wildman–Crippen MR) is 77.4 cm³/mol. The average Bonchev–Trinajstić information content (AvgIpc) is 2.39. The molecule has 0 unspecified atom stereocenters. The van der Waals surface area contributed by atoms with Gasteiger partial charge in [0.25, 0.3) is 0 Å². The van der Waals surface area contributed by atoms with E-state index in [1.807, 2.05) is 6.92 Å². The zero-order valence-electron chi connectivity index (χ0n) is 11.3. The van der Waals surface area contributed by atoms with Crippen molar-refractivity contribution < 1.29 is 12.8 Å². The molecule has 0 radical (unpaired) electrons. The first kappa shape index (κ1) is 16.9. The molecule has 0 saturated heterocycles. The third-order valence-corrected chi connectivity index (χ3v) is 4.67. The van der Waals surface area contributed by atoms with Crippen molar-refractivity contribution in [3.63, 3.8) is 0 Å². The first-order valence-electron chi connectivity index (χ1n) is 5.93. The largest absolute Gasteiger partial charge is 0.313 e. The smallest absolute Gasteiger partial charge is 0.246 e. The Bertz CT molecular complexity index is 626. The number of nitrogens with one attached hydrogen (secondary N) is 1. The molecule has 0 saturated carbocycles. The molecule has 1 rings (SSSR count). The summed E-state index contributed by atoms with van der Waals surface area (Å²) in [5, 5.41) is 3.09. The van der Waals surface area contributed by atoms with Crippen molar-refractivity contribution in [3.05, 3.63) is 28.5 Å². The summed E-state index contributed by atoms with van der Waals surface area (Å²) < 4.78 is 39.7. The zero-order chi connectivity index (χ0) is 15.3. The van der Waals surface area contributed by atoms with Gasteiger partial charge in [0.15, 0.2) is 0 Å². The lowest BCUT2D eigenvalue weighted by Gasteiger charge is -2.16. The van der Waals surface area contributed by atoms with Gasteiger partial charge in [0.1, 0.15) is 10.7 Å². The fourth-order valence-electron chi connectivity index (χ4n) is 1.58. The molecular weight excluding hydrogens is 303 g/mol. The van der Waals surface area contributed by atoms with Crippen LogP contribution in [0.3, 0.4) is 0 Å². The monoisotopic (exact) mass is 318 g/mol. The van der Waals surface area contributed by atoms with Gasteiger partial charge in [-0.2, -0.15) is 4.31 Å². The van der Waals surface area contributed by atoms with Crippen LogP contribution in [0.5, 0.6) is 0 Å². The first-order chi connectivity index (χ1) is 9.34. The molecule has 0 bridgehead atoms. The lowest BCUT2D eigenvalue weighted by atomic mass is 10.2. The maximum Gasteiger partial charge on any atom is 0.246 e. The molecule has 7 heteroatoms. The van der Waals surface area contributed by atoms with E-state index in [9.17, 15) is 12.8 Å². The highest BCUT2D eigenvalue weighted by molar-refractivity contribution is 7.89. The molecule has 0 atom stereocenters. The molecule has 0 spiro atoms. The van der Waals surface area contributed by atoms with E-state index in [0.29, 0.717) is 6.54 Å². The van der Waals surface area contributed by atoms with E-state index in [2.05, 4.69) is 11.2 Å². The minimum atomic E-state index is -4.00. The number of halogens is 2. The Hall–Kier alpha value is -1.13. The van der Waals surface area contributed by atoms with Gasteiger partial charge in [0, 0.05) is 24.2 Å². The van der Waals surface area contributed by atoms with Gasteiger partial charge in [-0.1, -0.05) is 24.4 Å². The Balaban J connectivity index is 3.31. The molecule has 0 heterocycles. The Morgan fingerprint density at radius 2 is 2.15 bits per heavy atom. The summed E-state index contributed by atoms with van der Waals surface area (Å²) in [6.07, 6.45) is 5.08. The van der Waals surface area contributed by atoms with Crippen LogP contribution in [0.25, 0.3) is 0 Å². The van der Waals surface area contributed by atoms with Crippen LogP contribution in [-0.4, -0.2) is 32.9 Å². The van der Waals surface area contributed by atoms with Crippen molar-refractivity contribution in [1.82, 2.24) is 9.62 Å². The Morgan fingerprint density at radius 1 is 1.50 bits per heavy atom. The van der Waals surface area contributed by atoms with Crippen LogP contribution >= 0.6 is 11.6 Å². The molecule has 0 amide bonds. The van der Waals surface area contributed by atoms with Gasteiger partial charge in [-0.05, 0) is 18.7 Å². The molecule has 1 aromatic rings. The van der Waals surface area contributed by atoms with Crippen LogP contribution in [0.2, 0.25) is 5.02 Å². The molecule has 20 heavy (non-hydrogen) atoms. The van der Waals surface area contributed by atoms with Gasteiger partial charge >= 0.3 is 0 Å². The van der Waals surface area contributed by atoms with Crippen molar-refractivity contribution in [2.24, 2.45) is 0 Å². The zero-order valence-corrected chi connectivity index (χ0v) is 12.9. The van der Waals surface area contributed by atoms with Crippen LogP contribution in [0.4, 0.5) is 4.39 Å². The highest BCUT2D eigenvalue weighted by atomic mass is 35.5. The first-order valence-corrected chi connectivity index (χ1v) is 7.74. The van der Waals surface area contributed by atoms with E-state index in [1.54, 1.807) is 0 Å². The lowest BCUT2D eigenvalue weighted by Crippen LogP contribution is -2.28. The summed E-state index contributed by atoms with van der Waals surface area (Å²) in [5.74, 6) is 1.40. The van der Waals surface area contributed by atoms with Crippen LogP contribution in [-0.2, 0) is 16.6 Å². The molecule has 1 N–H and O–H groups in total. The summed E-state index contributed by atoms with van der Waals surface area (Å²) in [6.45, 7) is 2.55. The standard InChI is InChI=1S/C13H16ClFN2O2S/c1-4-6-17(3)20(18,19)12-8-11(14)7-10(13(12)15)9-16-5-2/h1,7-8,16H,5-6,9H2,2-3H3. The normalized spacial score (nSPS) is 11.6. The number of benzene rings is 1. The Morgan fingerprint density at radius 3 is 2.70 bits per heavy atom. The summed E-state index contributed by atoms with van der Waals surface area (Å²) in [7, 11) is -2.71. The van der Waals surface area contributed by atoms with Crippen molar-refractivity contribution in [1.29, 1.82) is 0 Å². The van der Waals surface area contributed by atoms with Crippen molar-refractivity contribution in [3.8, 4) is 12.3 Å². The van der Waals surface area contributed by atoms with Gasteiger partial charge < -0.3 is 5.32 Å². The van der Waals surface area contributed by atoms with Gasteiger partial charge in [-0.25, -0.2) is 12.8 Å². The molecule has 0 aliphatic carbocycles. The second kappa shape index (κ2) is 7.04. The number of rotatable bonds is 6. The average molecular weight is 319 g/mol. The number of hydrogen-bond acceptors (Lipinski definition) is 3. The van der Waals surface area contributed by atoms with Crippen molar-refractivity contribution in [2.75, 3.05) is 20.1 Å². The van der Waals surface area contributed by atoms with Crippen LogP contribution < -0.4 is 5.32 Å². The van der Waals surface area contributed by atoms with Gasteiger partial charge in [0.05, 0.1) is 6.54 Å². The topological polar surface area (TPSA) is 49.4 Å². The molecule has 1 aromatic carbocycles. The van der Waals surface area contributed by atoms with E-state index in [-0.39, 0.29) is 23.7 Å². The van der Waals surface area contributed by atoms with Crippen LogP contribution in [0.15, 0.2) is 17.0 Å². The maximum absolute atomic E-state index is 14.3. The summed E-state index contributed by atoms with van der Waals surface area (Å²) in [4.78, 5) is -0.462. The molecule has 110 valence electrons. The minimum Gasteiger partial charge on any atom is -0.313 e. The third kappa shape index (κ3) is 3.70. The third-order valence-electron chi connectivity index (χ3n) is 2.65. The maximum atomic E-state index is 14.3. The van der Waals surface area contributed by atoms with Gasteiger partial charge in [0.2, 0.25) is 10.0 Å². The molecule has 0 aliphatic rings. The Labute approximate surface area is 124 Å². The number of nitrogens with zero attached hydrogens (tertiary/aromatic N) is 1. The molecular formula is C13H16ClFN2O2S. The second-order valence-corrected chi connectivity index (χ2v) is 6.57. The predicted octanol–water partition coefficient (Wildman–Crippen LogP) is 1.84. The highest BCUT2D eigenvalue weighted by Crippen LogP contribution is 2.25. The highest BCUT2D eigenvalue weighted by Gasteiger charge is 2.26. The summed E-state index contributed by atoms with van der Waals surface area (Å²) in [6, 6.07) is 2.49. The van der Waals surface area contributed by atoms with E-state index in [0.717, 1.165) is 10.4 Å². The van der Waals surface area contributed by atoms with Crippen molar-refractivity contribution in [2.45, 2.75) is 18.4 Å². The molecule has 0 fully saturated rings. The van der Waals surface area contributed by atoms with Crippen molar-refractivity contribution >= 4 is 21.6 Å². The second-order valence-electron chi connectivity index (χ2n) is 4.12. The lowest BCUT2D eigenvalue weighted by molar-refractivity contribution is 0.489. The number of hydrogen-bond donors (Lipinski definition) is 1. The molecule has 4 nitrogen and oxygen atoms in total. The van der Waals surface area contributed by atoms with Crippen LogP contribution in [0.1, 0.15) is 12.5 Å². The summed E-state index contributed by atoms with van der Waals surface area (Å²) >= 11 is 5.87. The fraction of sp³-hybridized carbons (Fsp3) is 0.385. The SMILES string of the molecule is C#CCN(C)S(=O)(=O)c1cc(Cl)cc(CNCC)c1F. The van der Waals surface area contributed by atoms with Gasteiger partial charge in [-0.15, -0.1) is 6.42 Å². The van der Waals surface area contributed by atoms with Crippen LogP contribution in [0, 0.1) is 18.2 Å². The number of terminal acetylenes is 1. The van der Waals surface area contributed by atoms with E-state index < -0.39 is 20.7 Å². The van der Waals surface area contributed by atoms with E-state index >= 15 is 0 Å². The summed E-state index contributed by atoms with van der Waals surface area (Å²) in [5.41, 5.74) is 0.201.